The van der Waals surface area contributed by atoms with E-state index in [0.717, 1.165) is 11.1 Å². The van der Waals surface area contributed by atoms with Crippen molar-refractivity contribution in [2.75, 3.05) is 6.54 Å². The van der Waals surface area contributed by atoms with Gasteiger partial charge in [0.25, 0.3) is 0 Å². The van der Waals surface area contributed by atoms with Crippen LogP contribution < -0.4 is 5.32 Å². The number of nitrogens with zero attached hydrogens (tertiary/aromatic N) is 1. The van der Waals surface area contributed by atoms with Gasteiger partial charge in [-0.2, -0.15) is 0 Å². The van der Waals surface area contributed by atoms with Gasteiger partial charge in [-0.15, -0.1) is 0 Å². The molecule has 156 valence electrons. The van der Waals surface area contributed by atoms with Crippen molar-refractivity contribution in [1.82, 2.24) is 10.2 Å². The molecule has 1 N–H and O–H groups in total. The van der Waals surface area contributed by atoms with E-state index in [1.807, 2.05) is 60.7 Å². The first kappa shape index (κ1) is 21.2. The van der Waals surface area contributed by atoms with Crippen molar-refractivity contribution in [2.45, 2.75) is 38.0 Å². The number of hydrogen-bond donors (Lipinski definition) is 1. The third-order valence-electron chi connectivity index (χ3n) is 5.05. The maximum Gasteiger partial charge on any atom is 0.410 e. The highest BCUT2D eigenvalue weighted by atomic mass is 16.6. The van der Waals surface area contributed by atoms with Crippen LogP contribution in [0.25, 0.3) is 0 Å². The second kappa shape index (κ2) is 10.3. The van der Waals surface area contributed by atoms with Crippen molar-refractivity contribution < 1.29 is 23.9 Å². The van der Waals surface area contributed by atoms with Crippen LogP contribution in [0.15, 0.2) is 60.7 Å². The molecule has 3 rings (SSSR count). The Hall–Kier alpha value is -3.48. The van der Waals surface area contributed by atoms with Crippen LogP contribution in [0.3, 0.4) is 0 Å². The molecule has 2 amide bonds. The SMILES string of the molecule is O=CC(=O)[C@H](Cc1ccccc1)NC(=O)[C@@H]1CCCN1C(=O)OCc1ccccc1. The van der Waals surface area contributed by atoms with Crippen molar-refractivity contribution >= 4 is 24.1 Å². The first-order chi connectivity index (χ1) is 14.6. The van der Waals surface area contributed by atoms with Crippen molar-refractivity contribution in [3.8, 4) is 0 Å². The van der Waals surface area contributed by atoms with Crippen LogP contribution in [0.2, 0.25) is 0 Å². The highest BCUT2D eigenvalue weighted by Gasteiger charge is 2.36. The van der Waals surface area contributed by atoms with Gasteiger partial charge in [-0.3, -0.25) is 19.3 Å². The number of carbonyl (C=O) groups excluding carboxylic acids is 4. The summed E-state index contributed by atoms with van der Waals surface area (Å²) < 4.78 is 5.35. The second-order valence-corrected chi connectivity index (χ2v) is 7.16. The molecule has 1 aliphatic heterocycles. The third kappa shape index (κ3) is 5.53. The smallest absolute Gasteiger partial charge is 0.410 e. The Kier molecular flexibility index (Phi) is 7.32. The Morgan fingerprint density at radius 2 is 1.67 bits per heavy atom. The molecule has 0 aliphatic carbocycles. The molecule has 2 aromatic carbocycles. The van der Waals surface area contributed by atoms with Gasteiger partial charge in [0.05, 0.1) is 6.04 Å². The monoisotopic (exact) mass is 408 g/mol. The molecule has 0 unspecified atom stereocenters. The molecule has 2 atom stereocenters. The van der Waals surface area contributed by atoms with E-state index in [4.69, 9.17) is 4.74 Å². The molecular weight excluding hydrogens is 384 g/mol. The van der Waals surface area contributed by atoms with Crippen molar-refractivity contribution in [3.05, 3.63) is 71.8 Å². The van der Waals surface area contributed by atoms with Crippen LogP contribution in [-0.4, -0.2) is 47.6 Å². The van der Waals surface area contributed by atoms with Crippen molar-refractivity contribution in [2.24, 2.45) is 0 Å². The van der Waals surface area contributed by atoms with Crippen LogP contribution in [0, 0.1) is 0 Å². The third-order valence-corrected chi connectivity index (χ3v) is 5.05. The minimum Gasteiger partial charge on any atom is -0.445 e. The Labute approximate surface area is 175 Å². The number of ketones is 1. The summed E-state index contributed by atoms with van der Waals surface area (Å²) in [7, 11) is 0. The van der Waals surface area contributed by atoms with E-state index in [2.05, 4.69) is 5.32 Å². The van der Waals surface area contributed by atoms with Crippen LogP contribution in [0.5, 0.6) is 0 Å². The number of carbonyl (C=O) groups is 4. The predicted octanol–water partition coefficient (Wildman–Crippen LogP) is 2.28. The van der Waals surface area contributed by atoms with Crippen LogP contribution in [0.4, 0.5) is 4.79 Å². The number of ether oxygens (including phenoxy) is 1. The van der Waals surface area contributed by atoms with Gasteiger partial charge in [-0.05, 0) is 24.0 Å². The Morgan fingerprint density at radius 3 is 2.30 bits per heavy atom. The maximum atomic E-state index is 12.8. The normalized spacial score (nSPS) is 16.5. The lowest BCUT2D eigenvalue weighted by Crippen LogP contribution is -2.51. The van der Waals surface area contributed by atoms with E-state index >= 15 is 0 Å². The van der Waals surface area contributed by atoms with Gasteiger partial charge in [0.2, 0.25) is 11.7 Å². The topological polar surface area (TPSA) is 92.8 Å². The van der Waals surface area contributed by atoms with Gasteiger partial charge in [0.1, 0.15) is 12.6 Å². The van der Waals surface area contributed by atoms with E-state index in [1.165, 1.54) is 4.90 Å². The van der Waals surface area contributed by atoms with Gasteiger partial charge in [-0.1, -0.05) is 60.7 Å². The van der Waals surface area contributed by atoms with Gasteiger partial charge < -0.3 is 10.1 Å². The molecule has 0 spiro atoms. The first-order valence-corrected chi connectivity index (χ1v) is 9.89. The summed E-state index contributed by atoms with van der Waals surface area (Å²) in [5.74, 6) is -1.16. The fourth-order valence-electron chi connectivity index (χ4n) is 3.48. The standard InChI is InChI=1S/C23H24N2O5/c26-15-21(27)19(14-17-8-3-1-4-9-17)24-22(28)20-12-7-13-25(20)23(29)30-16-18-10-5-2-6-11-18/h1-6,8-11,15,19-20H,7,12-14,16H2,(H,24,28)/t19-,20-/m0/s1. The molecular formula is C23H24N2O5. The summed E-state index contributed by atoms with van der Waals surface area (Å²) in [6.45, 7) is 0.515. The molecule has 0 bridgehead atoms. The Balaban J connectivity index is 1.62. The molecule has 1 aliphatic rings. The maximum absolute atomic E-state index is 12.8. The number of aldehydes is 1. The molecule has 1 saturated heterocycles. The second-order valence-electron chi connectivity index (χ2n) is 7.16. The molecule has 7 heteroatoms. The number of likely N-dealkylation sites (tertiary alicyclic amines) is 1. The number of Topliss-reactive ketones (excluding diaryl/α,β-unsaturated/α-hetero) is 1. The Bertz CT molecular complexity index is 885. The minimum atomic E-state index is -0.972. The minimum absolute atomic E-state index is 0.116. The summed E-state index contributed by atoms with van der Waals surface area (Å²) in [5.41, 5.74) is 1.68. The largest absolute Gasteiger partial charge is 0.445 e. The number of amides is 2. The average Bonchev–Trinajstić information content (AvgIpc) is 3.28. The summed E-state index contributed by atoms with van der Waals surface area (Å²) >= 11 is 0. The molecule has 0 saturated carbocycles. The molecule has 7 nitrogen and oxygen atoms in total. The zero-order chi connectivity index (χ0) is 21.3. The van der Waals surface area contributed by atoms with E-state index in [-0.39, 0.29) is 19.3 Å². The fourth-order valence-corrected chi connectivity index (χ4v) is 3.48. The van der Waals surface area contributed by atoms with E-state index in [1.54, 1.807) is 0 Å². The predicted molar refractivity (Wildman–Crippen MR) is 110 cm³/mol. The lowest BCUT2D eigenvalue weighted by Gasteiger charge is -2.25. The highest BCUT2D eigenvalue weighted by molar-refractivity contribution is 6.28. The summed E-state index contributed by atoms with van der Waals surface area (Å²) in [6, 6.07) is 16.7. The van der Waals surface area contributed by atoms with Gasteiger partial charge in [0.15, 0.2) is 6.29 Å². The van der Waals surface area contributed by atoms with Crippen LogP contribution in [-0.2, 0) is 32.1 Å². The Morgan fingerprint density at radius 1 is 1.03 bits per heavy atom. The first-order valence-electron chi connectivity index (χ1n) is 9.89. The average molecular weight is 408 g/mol. The summed E-state index contributed by atoms with van der Waals surface area (Å²) in [5, 5.41) is 2.65. The quantitative estimate of drug-likeness (QED) is 0.534. The number of nitrogens with one attached hydrogen (secondary N) is 1. The number of rotatable bonds is 8. The highest BCUT2D eigenvalue weighted by Crippen LogP contribution is 2.19. The van der Waals surface area contributed by atoms with Crippen molar-refractivity contribution in [3.63, 3.8) is 0 Å². The number of hydrogen-bond acceptors (Lipinski definition) is 5. The molecule has 0 aromatic heterocycles. The van der Waals surface area contributed by atoms with Crippen molar-refractivity contribution in [1.29, 1.82) is 0 Å². The summed E-state index contributed by atoms with van der Waals surface area (Å²) in [4.78, 5) is 49.8. The van der Waals surface area contributed by atoms with E-state index in [0.29, 0.717) is 19.4 Å². The summed E-state index contributed by atoms with van der Waals surface area (Å²) in [6.07, 6.45) is 0.977. The van der Waals surface area contributed by atoms with E-state index in [9.17, 15) is 19.2 Å². The zero-order valence-electron chi connectivity index (χ0n) is 16.5. The fraction of sp³-hybridized carbons (Fsp3) is 0.304. The zero-order valence-corrected chi connectivity index (χ0v) is 16.5. The molecule has 30 heavy (non-hydrogen) atoms. The van der Waals surface area contributed by atoms with Gasteiger partial charge >= 0.3 is 6.09 Å². The lowest BCUT2D eigenvalue weighted by atomic mass is 10.0. The molecule has 2 aromatic rings. The lowest BCUT2D eigenvalue weighted by molar-refractivity contribution is -0.134. The van der Waals surface area contributed by atoms with Crippen LogP contribution in [0.1, 0.15) is 24.0 Å². The van der Waals surface area contributed by atoms with E-state index < -0.39 is 29.9 Å². The van der Waals surface area contributed by atoms with Gasteiger partial charge in [0, 0.05) is 13.0 Å². The molecule has 0 radical (unpaired) electrons. The molecule has 1 heterocycles. The van der Waals surface area contributed by atoms with Gasteiger partial charge in [-0.25, -0.2) is 4.79 Å². The number of benzene rings is 2. The van der Waals surface area contributed by atoms with Crippen LogP contribution >= 0.6 is 0 Å². The molecule has 1 fully saturated rings.